The van der Waals surface area contributed by atoms with Crippen LogP contribution in [-0.4, -0.2) is 11.1 Å². The standard InChI is InChI=1S/C14H16BrNO2S/c1-9(16)14(12-5-6-13(15)19-12)18-11-4-2-3-10(7-11)8-17/h2-7,9,14,17H,8,16H2,1H3. The summed E-state index contributed by atoms with van der Waals surface area (Å²) in [5.41, 5.74) is 6.84. The molecule has 1 aromatic heterocycles. The predicted molar refractivity (Wildman–Crippen MR) is 81.4 cm³/mol. The molecule has 2 aromatic rings. The molecule has 0 spiro atoms. The van der Waals surface area contributed by atoms with Gasteiger partial charge < -0.3 is 15.6 Å². The van der Waals surface area contributed by atoms with Crippen molar-refractivity contribution in [3.63, 3.8) is 0 Å². The average Bonchev–Trinajstić information content (AvgIpc) is 2.82. The second kappa shape index (κ2) is 6.52. The first-order valence-electron chi connectivity index (χ1n) is 5.97. The van der Waals surface area contributed by atoms with Crippen LogP contribution < -0.4 is 10.5 Å². The maximum atomic E-state index is 9.14. The maximum Gasteiger partial charge on any atom is 0.148 e. The van der Waals surface area contributed by atoms with Gasteiger partial charge in [-0.15, -0.1) is 11.3 Å². The highest BCUT2D eigenvalue weighted by atomic mass is 79.9. The summed E-state index contributed by atoms with van der Waals surface area (Å²) in [6, 6.07) is 11.3. The van der Waals surface area contributed by atoms with Crippen LogP contribution in [0.25, 0.3) is 0 Å². The third-order valence-electron chi connectivity index (χ3n) is 2.70. The van der Waals surface area contributed by atoms with E-state index in [1.54, 1.807) is 11.3 Å². The van der Waals surface area contributed by atoms with Crippen molar-refractivity contribution in [2.75, 3.05) is 0 Å². The van der Waals surface area contributed by atoms with Gasteiger partial charge in [-0.3, -0.25) is 0 Å². The molecule has 0 saturated carbocycles. The van der Waals surface area contributed by atoms with Crippen LogP contribution in [0.1, 0.15) is 23.5 Å². The number of thiophene rings is 1. The molecule has 0 aliphatic carbocycles. The molecular formula is C14H16BrNO2S. The summed E-state index contributed by atoms with van der Waals surface area (Å²) >= 11 is 5.06. The quantitative estimate of drug-likeness (QED) is 0.875. The fourth-order valence-corrected chi connectivity index (χ4v) is 3.34. The van der Waals surface area contributed by atoms with Gasteiger partial charge in [0.15, 0.2) is 0 Å². The van der Waals surface area contributed by atoms with E-state index in [4.69, 9.17) is 15.6 Å². The van der Waals surface area contributed by atoms with Crippen LogP contribution in [0, 0.1) is 0 Å². The van der Waals surface area contributed by atoms with Gasteiger partial charge in [0.05, 0.1) is 10.4 Å². The molecular weight excluding hydrogens is 326 g/mol. The SMILES string of the molecule is CC(N)C(Oc1cccc(CO)c1)c1ccc(Br)s1. The maximum absolute atomic E-state index is 9.14. The summed E-state index contributed by atoms with van der Waals surface area (Å²) < 4.78 is 7.03. The molecule has 1 heterocycles. The largest absolute Gasteiger partial charge is 0.483 e. The van der Waals surface area contributed by atoms with Crippen LogP contribution in [0.3, 0.4) is 0 Å². The van der Waals surface area contributed by atoms with E-state index in [0.717, 1.165) is 20.0 Å². The zero-order valence-electron chi connectivity index (χ0n) is 10.5. The highest BCUT2D eigenvalue weighted by Gasteiger charge is 2.20. The predicted octanol–water partition coefficient (Wildman–Crippen LogP) is 3.47. The first-order valence-corrected chi connectivity index (χ1v) is 7.58. The number of aliphatic hydroxyl groups is 1. The lowest BCUT2D eigenvalue weighted by atomic mass is 10.1. The lowest BCUT2D eigenvalue weighted by Crippen LogP contribution is -2.28. The van der Waals surface area contributed by atoms with Gasteiger partial charge in [0.1, 0.15) is 11.9 Å². The van der Waals surface area contributed by atoms with Crippen molar-refractivity contribution in [3.05, 3.63) is 50.6 Å². The lowest BCUT2D eigenvalue weighted by Gasteiger charge is -2.21. The minimum Gasteiger partial charge on any atom is -0.483 e. The van der Waals surface area contributed by atoms with Crippen molar-refractivity contribution in [2.24, 2.45) is 5.73 Å². The van der Waals surface area contributed by atoms with Crippen molar-refractivity contribution in [1.82, 2.24) is 0 Å². The van der Waals surface area contributed by atoms with Crippen LogP contribution in [0.5, 0.6) is 5.75 Å². The van der Waals surface area contributed by atoms with Gasteiger partial charge in [-0.25, -0.2) is 0 Å². The van der Waals surface area contributed by atoms with E-state index in [-0.39, 0.29) is 18.8 Å². The molecule has 0 radical (unpaired) electrons. The third-order valence-corrected chi connectivity index (χ3v) is 4.38. The van der Waals surface area contributed by atoms with Crippen molar-refractivity contribution in [2.45, 2.75) is 25.7 Å². The first-order chi connectivity index (χ1) is 9.10. The highest BCUT2D eigenvalue weighted by Crippen LogP contribution is 2.32. The Balaban J connectivity index is 2.21. The normalized spacial score (nSPS) is 14.1. The Bertz CT molecular complexity index is 542. The lowest BCUT2D eigenvalue weighted by molar-refractivity contribution is 0.183. The van der Waals surface area contributed by atoms with Crippen molar-refractivity contribution in [1.29, 1.82) is 0 Å². The van der Waals surface area contributed by atoms with E-state index >= 15 is 0 Å². The van der Waals surface area contributed by atoms with E-state index in [1.165, 1.54) is 0 Å². The average molecular weight is 342 g/mol. The minimum absolute atomic E-state index is 0.00456. The molecule has 5 heteroatoms. The second-order valence-corrected chi connectivity index (χ2v) is 6.84. The smallest absolute Gasteiger partial charge is 0.148 e. The number of hydrogen-bond donors (Lipinski definition) is 2. The zero-order chi connectivity index (χ0) is 13.8. The number of rotatable bonds is 5. The van der Waals surface area contributed by atoms with Gasteiger partial charge in [0.2, 0.25) is 0 Å². The molecule has 2 atom stereocenters. The Labute approximate surface area is 125 Å². The van der Waals surface area contributed by atoms with Crippen LogP contribution in [0.15, 0.2) is 40.2 Å². The fraction of sp³-hybridized carbons (Fsp3) is 0.286. The summed E-state index contributed by atoms with van der Waals surface area (Å²) in [7, 11) is 0. The van der Waals surface area contributed by atoms with Crippen LogP contribution in [0.2, 0.25) is 0 Å². The van der Waals surface area contributed by atoms with Crippen molar-refractivity contribution in [3.8, 4) is 5.75 Å². The molecule has 19 heavy (non-hydrogen) atoms. The molecule has 1 aromatic carbocycles. The van der Waals surface area contributed by atoms with Crippen molar-refractivity contribution < 1.29 is 9.84 Å². The van der Waals surface area contributed by atoms with Gasteiger partial charge >= 0.3 is 0 Å². The monoisotopic (exact) mass is 341 g/mol. The van der Waals surface area contributed by atoms with Gasteiger partial charge in [0.25, 0.3) is 0 Å². The van der Waals surface area contributed by atoms with Crippen LogP contribution in [-0.2, 0) is 6.61 Å². The molecule has 2 unspecified atom stereocenters. The second-order valence-electron chi connectivity index (χ2n) is 4.34. The number of benzene rings is 1. The fourth-order valence-electron chi connectivity index (χ4n) is 1.77. The van der Waals surface area contributed by atoms with E-state index in [9.17, 15) is 0 Å². The Morgan fingerprint density at radius 3 is 2.74 bits per heavy atom. The summed E-state index contributed by atoms with van der Waals surface area (Å²) in [6.07, 6.45) is -0.190. The van der Waals surface area contributed by atoms with Crippen molar-refractivity contribution >= 4 is 27.3 Å². The van der Waals surface area contributed by atoms with Gasteiger partial charge in [-0.2, -0.15) is 0 Å². The Morgan fingerprint density at radius 1 is 1.37 bits per heavy atom. The van der Waals surface area contributed by atoms with Gasteiger partial charge in [-0.1, -0.05) is 12.1 Å². The topological polar surface area (TPSA) is 55.5 Å². The highest BCUT2D eigenvalue weighted by molar-refractivity contribution is 9.11. The van der Waals surface area contributed by atoms with E-state index in [2.05, 4.69) is 15.9 Å². The number of halogens is 1. The Morgan fingerprint density at radius 2 is 2.16 bits per heavy atom. The molecule has 3 N–H and O–H groups in total. The summed E-state index contributed by atoms with van der Waals surface area (Å²) in [5, 5.41) is 9.14. The van der Waals surface area contributed by atoms with Gasteiger partial charge in [0, 0.05) is 10.9 Å². The molecule has 0 fully saturated rings. The van der Waals surface area contributed by atoms with Crippen LogP contribution in [0.4, 0.5) is 0 Å². The molecule has 102 valence electrons. The molecule has 0 bridgehead atoms. The van der Waals surface area contributed by atoms with Gasteiger partial charge in [-0.05, 0) is 52.7 Å². The number of aliphatic hydroxyl groups excluding tert-OH is 1. The molecule has 0 saturated heterocycles. The molecule has 0 aliphatic rings. The molecule has 2 rings (SSSR count). The van der Waals surface area contributed by atoms with E-state index in [1.807, 2.05) is 43.3 Å². The van der Waals surface area contributed by atoms with E-state index in [0.29, 0.717) is 0 Å². The number of ether oxygens (including phenoxy) is 1. The molecule has 0 aliphatic heterocycles. The third kappa shape index (κ3) is 3.79. The summed E-state index contributed by atoms with van der Waals surface area (Å²) in [6.45, 7) is 1.93. The van der Waals surface area contributed by atoms with Crippen LogP contribution >= 0.6 is 27.3 Å². The first kappa shape index (κ1) is 14.5. The summed E-state index contributed by atoms with van der Waals surface area (Å²) in [5.74, 6) is 0.721. The molecule has 0 amide bonds. The Kier molecular flexibility index (Phi) is 4.99. The minimum atomic E-state index is -0.190. The molecule has 3 nitrogen and oxygen atoms in total. The Hall–Kier alpha value is -0.880. The number of nitrogens with two attached hydrogens (primary N) is 1. The zero-order valence-corrected chi connectivity index (χ0v) is 12.9. The van der Waals surface area contributed by atoms with E-state index < -0.39 is 0 Å². The summed E-state index contributed by atoms with van der Waals surface area (Å²) in [4.78, 5) is 1.08. The number of hydrogen-bond acceptors (Lipinski definition) is 4.